The zero-order valence-corrected chi connectivity index (χ0v) is 16.0. The third-order valence-electron chi connectivity index (χ3n) is 4.39. The first kappa shape index (κ1) is 19.2. The summed E-state index contributed by atoms with van der Waals surface area (Å²) in [5.41, 5.74) is 0.938. The van der Waals surface area contributed by atoms with Gasteiger partial charge in [-0.1, -0.05) is 25.4 Å². The van der Waals surface area contributed by atoms with Crippen molar-refractivity contribution in [2.75, 3.05) is 13.1 Å². The molecule has 0 spiro atoms. The Balaban J connectivity index is 0.00000102. The number of hydrogen-bond acceptors (Lipinski definition) is 4. The molecule has 1 fully saturated rings. The van der Waals surface area contributed by atoms with Crippen molar-refractivity contribution in [3.05, 3.63) is 47.6 Å². The van der Waals surface area contributed by atoms with E-state index in [9.17, 15) is 9.18 Å². The van der Waals surface area contributed by atoms with Crippen molar-refractivity contribution >= 4 is 28.5 Å². The van der Waals surface area contributed by atoms with Crippen molar-refractivity contribution in [2.45, 2.75) is 32.9 Å². The number of halogens is 2. The summed E-state index contributed by atoms with van der Waals surface area (Å²) in [6.07, 6.45) is 7.96. The van der Waals surface area contributed by atoms with Crippen molar-refractivity contribution in [2.24, 2.45) is 0 Å². The molecule has 1 amide bonds. The molecule has 0 unspecified atom stereocenters. The minimum atomic E-state index is -0.832. The van der Waals surface area contributed by atoms with Crippen LogP contribution in [0.2, 0.25) is 5.02 Å². The fraction of sp³-hybridized carbons (Fsp3) is 0.368. The molecule has 0 radical (unpaired) electrons. The van der Waals surface area contributed by atoms with Gasteiger partial charge in [0.2, 0.25) is 0 Å². The number of rotatable bonds is 2. The highest BCUT2D eigenvalue weighted by Crippen LogP contribution is 2.29. The molecule has 4 rings (SSSR count). The van der Waals surface area contributed by atoms with E-state index in [2.05, 4.69) is 15.0 Å². The number of carbonyl (C=O) groups excluding carboxylic acids is 1. The Morgan fingerprint density at radius 3 is 2.59 bits per heavy atom. The number of likely N-dealkylation sites (tertiary alicyclic amines) is 1. The number of hydrogen-bond donors (Lipinski definition) is 0. The van der Waals surface area contributed by atoms with Crippen LogP contribution in [0.3, 0.4) is 0 Å². The lowest BCUT2D eigenvalue weighted by Crippen LogP contribution is -2.39. The summed E-state index contributed by atoms with van der Waals surface area (Å²) in [6.45, 7) is 4.80. The first-order valence-electron chi connectivity index (χ1n) is 9.00. The minimum Gasteiger partial charge on any atom is -0.338 e. The van der Waals surface area contributed by atoms with Crippen LogP contribution >= 0.6 is 11.6 Å². The SMILES string of the molecule is CC.O=C(c1cnc2c(ccn2-c2cnccn2)c1Cl)N1CCC(F)CC1. The van der Waals surface area contributed by atoms with E-state index in [4.69, 9.17) is 11.6 Å². The lowest BCUT2D eigenvalue weighted by Gasteiger charge is -2.28. The lowest BCUT2D eigenvalue weighted by molar-refractivity contribution is 0.0667. The summed E-state index contributed by atoms with van der Waals surface area (Å²) in [6, 6.07) is 1.80. The first-order chi connectivity index (χ1) is 13.1. The number of pyridine rings is 1. The fourth-order valence-corrected chi connectivity index (χ4v) is 3.30. The summed E-state index contributed by atoms with van der Waals surface area (Å²) in [4.78, 5) is 27.0. The molecular weight excluding hydrogens is 369 g/mol. The van der Waals surface area contributed by atoms with Gasteiger partial charge in [-0.05, 0) is 18.9 Å². The van der Waals surface area contributed by atoms with E-state index < -0.39 is 6.17 Å². The van der Waals surface area contributed by atoms with Crippen molar-refractivity contribution < 1.29 is 9.18 Å². The van der Waals surface area contributed by atoms with Crippen LogP contribution in [0.25, 0.3) is 16.9 Å². The van der Waals surface area contributed by atoms with E-state index in [0.717, 1.165) is 0 Å². The molecule has 0 bridgehead atoms. The summed E-state index contributed by atoms with van der Waals surface area (Å²) in [7, 11) is 0. The van der Waals surface area contributed by atoms with E-state index in [1.54, 1.807) is 40.3 Å². The normalized spacial score (nSPS) is 14.7. The molecule has 1 aliphatic rings. The van der Waals surface area contributed by atoms with Crippen LogP contribution < -0.4 is 0 Å². The fourth-order valence-electron chi connectivity index (χ4n) is 3.03. The predicted octanol–water partition coefficient (Wildman–Crippen LogP) is 4.07. The van der Waals surface area contributed by atoms with Gasteiger partial charge in [-0.3, -0.25) is 14.3 Å². The van der Waals surface area contributed by atoms with Crippen molar-refractivity contribution in [1.29, 1.82) is 0 Å². The van der Waals surface area contributed by atoms with Gasteiger partial charge in [0.05, 0.1) is 16.8 Å². The second-order valence-corrected chi connectivity index (χ2v) is 6.32. The Labute approximate surface area is 162 Å². The van der Waals surface area contributed by atoms with Gasteiger partial charge < -0.3 is 4.90 Å². The van der Waals surface area contributed by atoms with E-state index in [0.29, 0.717) is 53.4 Å². The van der Waals surface area contributed by atoms with Crippen molar-refractivity contribution in [3.63, 3.8) is 0 Å². The average molecular weight is 390 g/mol. The molecule has 0 N–H and O–H groups in total. The van der Waals surface area contributed by atoms with Crippen molar-refractivity contribution in [3.8, 4) is 5.82 Å². The molecule has 8 heteroatoms. The van der Waals surface area contributed by atoms with Crippen LogP contribution in [0.1, 0.15) is 37.0 Å². The topological polar surface area (TPSA) is 63.9 Å². The predicted molar refractivity (Wildman–Crippen MR) is 103 cm³/mol. The minimum absolute atomic E-state index is 0.210. The first-order valence-corrected chi connectivity index (χ1v) is 9.38. The zero-order valence-electron chi connectivity index (χ0n) is 15.3. The van der Waals surface area contributed by atoms with Crippen LogP contribution in [0.4, 0.5) is 4.39 Å². The highest BCUT2D eigenvalue weighted by Gasteiger charge is 2.26. The maximum atomic E-state index is 13.3. The molecule has 0 saturated carbocycles. The van der Waals surface area contributed by atoms with Crippen LogP contribution in [-0.2, 0) is 0 Å². The Kier molecular flexibility index (Phi) is 6.01. The number of fused-ring (bicyclic) bond motifs is 1. The quantitative estimate of drug-likeness (QED) is 0.662. The van der Waals surface area contributed by atoms with Gasteiger partial charge in [0.1, 0.15) is 11.8 Å². The number of nitrogens with zero attached hydrogens (tertiary/aromatic N) is 5. The van der Waals surface area contributed by atoms with E-state index in [1.807, 2.05) is 13.8 Å². The Morgan fingerprint density at radius 2 is 1.93 bits per heavy atom. The highest BCUT2D eigenvalue weighted by molar-refractivity contribution is 6.38. The van der Waals surface area contributed by atoms with Crippen molar-refractivity contribution in [1.82, 2.24) is 24.4 Å². The van der Waals surface area contributed by atoms with Gasteiger partial charge in [0, 0.05) is 43.3 Å². The van der Waals surface area contributed by atoms with Crippen LogP contribution in [0, 0.1) is 0 Å². The third kappa shape index (κ3) is 3.78. The molecule has 6 nitrogen and oxygen atoms in total. The summed E-state index contributed by atoms with van der Waals surface area (Å²) in [5.74, 6) is 0.406. The standard InChI is InChI=1S/C17H15ClFN5O.C2H6/c18-15-12-3-8-24(14-10-20-4-5-21-14)16(12)22-9-13(15)17(25)23-6-1-11(19)2-7-23;1-2/h3-5,8-11H,1-2,6-7H2;1-2H3. The van der Waals surface area contributed by atoms with Crippen LogP contribution in [0.15, 0.2) is 37.1 Å². The Hall–Kier alpha value is -2.54. The molecule has 27 heavy (non-hydrogen) atoms. The molecule has 1 saturated heterocycles. The van der Waals surface area contributed by atoms with E-state index in [1.165, 1.54) is 6.20 Å². The summed E-state index contributed by atoms with van der Waals surface area (Å²) < 4.78 is 15.0. The maximum Gasteiger partial charge on any atom is 0.256 e. The maximum absolute atomic E-state index is 13.3. The lowest BCUT2D eigenvalue weighted by atomic mass is 10.1. The molecule has 0 aliphatic carbocycles. The van der Waals surface area contributed by atoms with Crippen LogP contribution in [-0.4, -0.2) is 49.6 Å². The van der Waals surface area contributed by atoms with Gasteiger partial charge in [-0.2, -0.15) is 0 Å². The second-order valence-electron chi connectivity index (χ2n) is 5.94. The molecular formula is C19H21ClFN5O. The second kappa shape index (κ2) is 8.43. The number of amides is 1. The molecule has 3 aromatic heterocycles. The largest absolute Gasteiger partial charge is 0.338 e. The summed E-state index contributed by atoms with van der Waals surface area (Å²) in [5, 5.41) is 1.01. The molecule has 1 aliphatic heterocycles. The van der Waals surface area contributed by atoms with E-state index in [-0.39, 0.29) is 5.91 Å². The molecule has 142 valence electrons. The zero-order chi connectivity index (χ0) is 19.4. The highest BCUT2D eigenvalue weighted by atomic mass is 35.5. The molecule has 0 aromatic carbocycles. The Morgan fingerprint density at radius 1 is 1.19 bits per heavy atom. The molecule has 4 heterocycles. The molecule has 3 aromatic rings. The third-order valence-corrected chi connectivity index (χ3v) is 4.79. The smallest absolute Gasteiger partial charge is 0.256 e. The van der Waals surface area contributed by atoms with Gasteiger partial charge in [0.15, 0.2) is 5.82 Å². The monoisotopic (exact) mass is 389 g/mol. The number of aromatic nitrogens is 4. The van der Waals surface area contributed by atoms with E-state index >= 15 is 0 Å². The number of piperidine rings is 1. The number of alkyl halides is 1. The average Bonchev–Trinajstić information content (AvgIpc) is 3.16. The van der Waals surface area contributed by atoms with Gasteiger partial charge in [0.25, 0.3) is 5.91 Å². The van der Waals surface area contributed by atoms with Crippen LogP contribution in [0.5, 0.6) is 0 Å². The molecule has 0 atom stereocenters. The summed E-state index contributed by atoms with van der Waals surface area (Å²) >= 11 is 6.47. The Bertz CT molecular complexity index is 922. The van der Waals surface area contributed by atoms with Gasteiger partial charge in [-0.15, -0.1) is 0 Å². The van der Waals surface area contributed by atoms with Gasteiger partial charge in [-0.25, -0.2) is 14.4 Å². The number of carbonyl (C=O) groups is 1. The van der Waals surface area contributed by atoms with Gasteiger partial charge >= 0.3 is 0 Å².